The average Bonchev–Trinajstić information content (AvgIpc) is 2.76. The molecule has 22 heavy (non-hydrogen) atoms. The number of aryl methyl sites for hydroxylation is 1. The first-order valence-electron chi connectivity index (χ1n) is 5.55. The molecule has 0 spiro atoms. The molecule has 0 fully saturated rings. The van der Waals surface area contributed by atoms with Crippen molar-refractivity contribution in [3.05, 3.63) is 58.8 Å². The Morgan fingerprint density at radius 2 is 1.55 bits per heavy atom. The summed E-state index contributed by atoms with van der Waals surface area (Å²) in [6, 6.07) is 1.32. The molecule has 0 saturated carbocycles. The number of nitro groups is 3. The lowest BCUT2D eigenvalue weighted by Crippen LogP contribution is -2.06. The first-order valence-corrected chi connectivity index (χ1v) is 6.35. The van der Waals surface area contributed by atoms with Crippen molar-refractivity contribution in [3.8, 4) is 5.69 Å². The number of hydrogen-bond donors (Lipinski definition) is 0. The van der Waals surface area contributed by atoms with Crippen molar-refractivity contribution in [1.82, 2.24) is 9.78 Å². The number of hydrogen-bond acceptors (Lipinski definition) is 7. The van der Waals surface area contributed by atoms with Gasteiger partial charge in [0.2, 0.25) is 5.69 Å². The number of nitrogens with zero attached hydrogens (tertiary/aromatic N) is 5. The second kappa shape index (κ2) is 5.48. The van der Waals surface area contributed by atoms with Crippen LogP contribution in [-0.4, -0.2) is 24.6 Å². The van der Waals surface area contributed by atoms with Gasteiger partial charge < -0.3 is 0 Å². The van der Waals surface area contributed by atoms with Crippen LogP contribution < -0.4 is 0 Å². The zero-order valence-electron chi connectivity index (χ0n) is 10.8. The van der Waals surface area contributed by atoms with Crippen LogP contribution in [-0.2, 0) is 0 Å². The van der Waals surface area contributed by atoms with E-state index in [0.29, 0.717) is 22.3 Å². The molecule has 0 unspecified atom stereocenters. The molecule has 1 heterocycles. The highest BCUT2D eigenvalue weighted by Crippen LogP contribution is 2.37. The van der Waals surface area contributed by atoms with E-state index < -0.39 is 37.5 Å². The van der Waals surface area contributed by atoms with Gasteiger partial charge in [-0.2, -0.15) is 5.10 Å². The van der Waals surface area contributed by atoms with E-state index in [1.807, 2.05) is 0 Å². The summed E-state index contributed by atoms with van der Waals surface area (Å²) in [6.07, 6.45) is 1.30. The fourth-order valence-electron chi connectivity index (χ4n) is 1.76. The van der Waals surface area contributed by atoms with Gasteiger partial charge >= 0.3 is 11.4 Å². The van der Waals surface area contributed by atoms with Crippen LogP contribution in [0.15, 0.2) is 22.8 Å². The van der Waals surface area contributed by atoms with Crippen molar-refractivity contribution < 1.29 is 14.8 Å². The van der Waals surface area contributed by atoms with E-state index in [1.165, 1.54) is 6.20 Å². The molecule has 114 valence electrons. The molecule has 0 aliphatic rings. The molecule has 0 amide bonds. The Labute approximate surface area is 129 Å². The topological polar surface area (TPSA) is 147 Å². The number of nitro benzene ring substituents is 3. The van der Waals surface area contributed by atoms with Gasteiger partial charge in [0.15, 0.2) is 0 Å². The van der Waals surface area contributed by atoms with Crippen LogP contribution >= 0.6 is 15.9 Å². The van der Waals surface area contributed by atoms with Crippen molar-refractivity contribution in [2.75, 3.05) is 0 Å². The summed E-state index contributed by atoms with van der Waals surface area (Å²) in [5, 5.41) is 37.0. The SMILES string of the molecule is Cc1nn(-c2c([N+](=O)[O-])cc([N+](=O)[O-])cc2[N+](=O)[O-])cc1Br. The number of benzene rings is 1. The van der Waals surface area contributed by atoms with Gasteiger partial charge in [0, 0.05) is 6.20 Å². The van der Waals surface area contributed by atoms with Gasteiger partial charge in [-0.05, 0) is 22.9 Å². The van der Waals surface area contributed by atoms with Gasteiger partial charge in [0.1, 0.15) is 0 Å². The first-order chi connectivity index (χ1) is 10.2. The summed E-state index contributed by atoms with van der Waals surface area (Å²) in [4.78, 5) is 30.3. The fraction of sp³-hybridized carbons (Fsp3) is 0.100. The smallest absolute Gasteiger partial charge is 0.258 e. The quantitative estimate of drug-likeness (QED) is 0.592. The molecule has 1 aromatic heterocycles. The van der Waals surface area contributed by atoms with Crippen LogP contribution in [0.1, 0.15) is 5.69 Å². The molecule has 2 aromatic rings. The third-order valence-electron chi connectivity index (χ3n) is 2.73. The van der Waals surface area contributed by atoms with Crippen LogP contribution in [0.2, 0.25) is 0 Å². The second-order valence-electron chi connectivity index (χ2n) is 4.11. The van der Waals surface area contributed by atoms with Crippen LogP contribution in [0.4, 0.5) is 17.1 Å². The zero-order chi connectivity index (χ0) is 16.6. The molecule has 0 saturated heterocycles. The Bertz CT molecular complexity index is 762. The van der Waals surface area contributed by atoms with Gasteiger partial charge in [0.05, 0.1) is 37.1 Å². The van der Waals surface area contributed by atoms with Crippen molar-refractivity contribution in [3.63, 3.8) is 0 Å². The lowest BCUT2D eigenvalue weighted by molar-refractivity contribution is -0.402. The predicted molar refractivity (Wildman–Crippen MR) is 76.0 cm³/mol. The number of halogens is 1. The van der Waals surface area contributed by atoms with Gasteiger partial charge in [-0.25, -0.2) is 4.68 Å². The molecule has 1 aromatic carbocycles. The first kappa shape index (κ1) is 15.5. The van der Waals surface area contributed by atoms with E-state index in [2.05, 4.69) is 21.0 Å². The molecule has 12 heteroatoms. The third-order valence-corrected chi connectivity index (χ3v) is 3.51. The Kier molecular flexibility index (Phi) is 3.86. The minimum atomic E-state index is -0.936. The maximum absolute atomic E-state index is 11.1. The van der Waals surface area contributed by atoms with Crippen LogP contribution in [0.25, 0.3) is 5.69 Å². The van der Waals surface area contributed by atoms with Crippen LogP contribution in [0.3, 0.4) is 0 Å². The van der Waals surface area contributed by atoms with Gasteiger partial charge in [0.25, 0.3) is 5.69 Å². The molecule has 0 N–H and O–H groups in total. The maximum Gasteiger partial charge on any atom is 0.308 e. The largest absolute Gasteiger partial charge is 0.308 e. The highest BCUT2D eigenvalue weighted by molar-refractivity contribution is 9.10. The van der Waals surface area contributed by atoms with Crippen molar-refractivity contribution in [2.24, 2.45) is 0 Å². The molecule has 2 rings (SSSR count). The van der Waals surface area contributed by atoms with E-state index in [1.54, 1.807) is 6.92 Å². The normalized spacial score (nSPS) is 10.5. The second-order valence-corrected chi connectivity index (χ2v) is 4.97. The standard InChI is InChI=1S/C10H6BrN5O6/c1-5-7(11)4-13(12-5)10-8(15(19)20)2-6(14(17)18)3-9(10)16(21)22/h2-4H,1H3. The van der Waals surface area contributed by atoms with Crippen molar-refractivity contribution in [2.45, 2.75) is 6.92 Å². The van der Waals surface area contributed by atoms with Crippen molar-refractivity contribution >= 4 is 33.0 Å². The van der Waals surface area contributed by atoms with E-state index in [0.717, 1.165) is 4.68 Å². The lowest BCUT2D eigenvalue weighted by Gasteiger charge is -2.04. The Morgan fingerprint density at radius 3 is 1.86 bits per heavy atom. The fourth-order valence-corrected chi connectivity index (χ4v) is 2.04. The summed E-state index contributed by atoms with van der Waals surface area (Å²) >= 11 is 3.14. The van der Waals surface area contributed by atoms with Gasteiger partial charge in [-0.3, -0.25) is 30.3 Å². The third kappa shape index (κ3) is 2.63. The van der Waals surface area contributed by atoms with E-state index in [4.69, 9.17) is 0 Å². The molecule has 0 bridgehead atoms. The van der Waals surface area contributed by atoms with Crippen LogP contribution in [0, 0.1) is 37.3 Å². The molecular formula is C10H6BrN5O6. The predicted octanol–water partition coefficient (Wildman–Crippen LogP) is 2.67. The summed E-state index contributed by atoms with van der Waals surface area (Å²) in [5.74, 6) is 0. The van der Waals surface area contributed by atoms with E-state index in [9.17, 15) is 30.3 Å². The highest BCUT2D eigenvalue weighted by Gasteiger charge is 2.32. The summed E-state index contributed by atoms with van der Waals surface area (Å²) in [6.45, 7) is 1.59. The molecular weight excluding hydrogens is 366 g/mol. The summed E-state index contributed by atoms with van der Waals surface area (Å²) < 4.78 is 1.42. The summed E-state index contributed by atoms with van der Waals surface area (Å²) in [5.41, 5.74) is -2.31. The number of rotatable bonds is 4. The highest BCUT2D eigenvalue weighted by atomic mass is 79.9. The Morgan fingerprint density at radius 1 is 1.05 bits per heavy atom. The Balaban J connectivity index is 2.88. The minimum Gasteiger partial charge on any atom is -0.258 e. The monoisotopic (exact) mass is 371 g/mol. The average molecular weight is 372 g/mol. The van der Waals surface area contributed by atoms with Crippen LogP contribution in [0.5, 0.6) is 0 Å². The Hall–Kier alpha value is -2.89. The van der Waals surface area contributed by atoms with Gasteiger partial charge in [-0.15, -0.1) is 0 Å². The number of aromatic nitrogens is 2. The van der Waals surface area contributed by atoms with Crippen molar-refractivity contribution in [1.29, 1.82) is 0 Å². The van der Waals surface area contributed by atoms with Gasteiger partial charge in [-0.1, -0.05) is 0 Å². The molecule has 0 radical (unpaired) electrons. The van der Waals surface area contributed by atoms with E-state index >= 15 is 0 Å². The molecule has 11 nitrogen and oxygen atoms in total. The van der Waals surface area contributed by atoms with E-state index in [-0.39, 0.29) is 0 Å². The lowest BCUT2D eigenvalue weighted by atomic mass is 10.2. The molecule has 0 atom stereocenters. The molecule has 0 aliphatic carbocycles. The molecule has 0 aliphatic heterocycles. The summed E-state index contributed by atoms with van der Waals surface area (Å²) in [7, 11) is 0. The zero-order valence-corrected chi connectivity index (χ0v) is 12.4. The number of non-ortho nitro benzene ring substituents is 1. The maximum atomic E-state index is 11.1. The minimum absolute atomic E-state index is 0.446.